The maximum absolute atomic E-state index is 10.7. The van der Waals surface area contributed by atoms with Crippen LogP contribution in [0.15, 0.2) is 12.0 Å². The van der Waals surface area contributed by atoms with Gasteiger partial charge in [0.2, 0.25) is 0 Å². The van der Waals surface area contributed by atoms with Crippen molar-refractivity contribution in [3.63, 3.8) is 0 Å². The summed E-state index contributed by atoms with van der Waals surface area (Å²) in [4.78, 5) is 10.2. The Morgan fingerprint density at radius 3 is 2.55 bits per heavy atom. The van der Waals surface area contributed by atoms with Gasteiger partial charge >= 0.3 is 5.97 Å². The molecule has 0 aromatic carbocycles. The van der Waals surface area contributed by atoms with E-state index in [1.165, 1.54) is 6.92 Å². The predicted octanol–water partition coefficient (Wildman–Crippen LogP) is 0.108. The summed E-state index contributed by atoms with van der Waals surface area (Å²) in [5, 5.41) is 0.844. The monoisotopic (exact) mass is 178 g/mol. The van der Waals surface area contributed by atoms with Crippen LogP contribution < -0.4 is 0 Å². The average Bonchev–Trinajstić information content (AvgIpc) is 1.87. The van der Waals surface area contributed by atoms with E-state index in [0.29, 0.717) is 0 Å². The van der Waals surface area contributed by atoms with Crippen LogP contribution in [0.5, 0.6) is 0 Å². The fourth-order valence-electron chi connectivity index (χ4n) is 0.385. The molecule has 0 atom stereocenters. The highest BCUT2D eigenvalue weighted by Crippen LogP contribution is 1.90. The van der Waals surface area contributed by atoms with Crippen LogP contribution in [0.4, 0.5) is 0 Å². The van der Waals surface area contributed by atoms with E-state index < -0.39 is 15.8 Å². The summed E-state index contributed by atoms with van der Waals surface area (Å²) < 4.78 is 25.8. The van der Waals surface area contributed by atoms with Gasteiger partial charge in [-0.1, -0.05) is 6.58 Å². The summed E-state index contributed by atoms with van der Waals surface area (Å²) in [6.45, 7) is 4.22. The Bertz CT molecular complexity index is 239. The third kappa shape index (κ3) is 5.60. The van der Waals surface area contributed by atoms with Gasteiger partial charge in [0.15, 0.2) is 9.84 Å². The second kappa shape index (κ2) is 4.12. The minimum atomic E-state index is -3.23. The molecular weight excluding hydrogens is 168 g/mol. The summed E-state index contributed by atoms with van der Waals surface area (Å²) in [7, 11) is -3.23. The van der Waals surface area contributed by atoms with Crippen molar-refractivity contribution in [1.82, 2.24) is 0 Å². The number of carbonyl (C=O) groups is 1. The topological polar surface area (TPSA) is 60.4 Å². The third-order valence-electron chi connectivity index (χ3n) is 0.927. The first kappa shape index (κ1) is 10.2. The van der Waals surface area contributed by atoms with E-state index in [9.17, 15) is 13.2 Å². The van der Waals surface area contributed by atoms with Crippen molar-refractivity contribution in [2.75, 3.05) is 12.4 Å². The van der Waals surface area contributed by atoms with Gasteiger partial charge in [0, 0.05) is 12.3 Å². The molecule has 0 saturated carbocycles. The average molecular weight is 178 g/mol. The number of sulfone groups is 1. The van der Waals surface area contributed by atoms with Crippen molar-refractivity contribution in [1.29, 1.82) is 0 Å². The van der Waals surface area contributed by atoms with E-state index in [0.717, 1.165) is 5.41 Å². The van der Waals surface area contributed by atoms with E-state index in [4.69, 9.17) is 0 Å². The molecular formula is C6H10O4S. The molecule has 4 nitrogen and oxygen atoms in total. The van der Waals surface area contributed by atoms with Crippen molar-refractivity contribution >= 4 is 15.8 Å². The maximum Gasteiger partial charge on any atom is 0.302 e. The van der Waals surface area contributed by atoms with Gasteiger partial charge in [-0.25, -0.2) is 8.42 Å². The lowest BCUT2D eigenvalue weighted by atomic mass is 10.8. The van der Waals surface area contributed by atoms with Gasteiger partial charge in [0.05, 0.1) is 5.75 Å². The summed E-state index contributed by atoms with van der Waals surface area (Å²) in [5.41, 5.74) is 0. The van der Waals surface area contributed by atoms with Gasteiger partial charge in [0.25, 0.3) is 0 Å². The van der Waals surface area contributed by atoms with Crippen molar-refractivity contribution in [2.45, 2.75) is 6.92 Å². The van der Waals surface area contributed by atoms with Gasteiger partial charge in [-0.2, -0.15) is 0 Å². The Kier molecular flexibility index (Phi) is 3.81. The summed E-state index contributed by atoms with van der Waals surface area (Å²) in [6, 6.07) is 0. The highest BCUT2D eigenvalue weighted by molar-refractivity contribution is 7.94. The highest BCUT2D eigenvalue weighted by atomic mass is 32.2. The summed E-state index contributed by atoms with van der Waals surface area (Å²) in [5.74, 6) is -0.680. The molecule has 64 valence electrons. The fraction of sp³-hybridized carbons (Fsp3) is 0.500. The minimum Gasteiger partial charge on any atom is -0.465 e. The fourth-order valence-corrected chi connectivity index (χ4v) is 0.867. The van der Waals surface area contributed by atoms with Gasteiger partial charge in [-0.15, -0.1) is 0 Å². The van der Waals surface area contributed by atoms with Crippen molar-refractivity contribution < 1.29 is 17.9 Å². The smallest absolute Gasteiger partial charge is 0.302 e. The molecule has 0 aliphatic heterocycles. The highest BCUT2D eigenvalue weighted by Gasteiger charge is 2.04. The van der Waals surface area contributed by atoms with E-state index in [2.05, 4.69) is 11.3 Å². The molecule has 0 aromatic heterocycles. The molecule has 0 N–H and O–H groups in total. The third-order valence-corrected chi connectivity index (χ3v) is 2.17. The first-order valence-corrected chi connectivity index (χ1v) is 4.68. The Balaban J connectivity index is 3.72. The molecule has 0 fully saturated rings. The molecule has 0 heterocycles. The Labute approximate surface area is 65.8 Å². The molecule has 0 aromatic rings. The van der Waals surface area contributed by atoms with E-state index in [-0.39, 0.29) is 12.4 Å². The molecule has 11 heavy (non-hydrogen) atoms. The van der Waals surface area contributed by atoms with Crippen LogP contribution in [0.1, 0.15) is 6.92 Å². The van der Waals surface area contributed by atoms with Gasteiger partial charge in [-0.3, -0.25) is 4.79 Å². The molecule has 0 bridgehead atoms. The lowest BCUT2D eigenvalue weighted by Gasteiger charge is -1.98. The second-order valence-corrected chi connectivity index (χ2v) is 3.94. The number of carbonyl (C=O) groups excluding carboxylic acids is 1. The van der Waals surface area contributed by atoms with Gasteiger partial charge in [0.1, 0.15) is 6.61 Å². The van der Waals surface area contributed by atoms with Crippen LogP contribution in [0.2, 0.25) is 0 Å². The first-order valence-electron chi connectivity index (χ1n) is 2.96. The number of hydrogen-bond donors (Lipinski definition) is 0. The van der Waals surface area contributed by atoms with Crippen LogP contribution in [0, 0.1) is 0 Å². The molecule has 0 saturated heterocycles. The van der Waals surface area contributed by atoms with Gasteiger partial charge in [-0.05, 0) is 0 Å². The lowest BCUT2D eigenvalue weighted by Crippen LogP contribution is -2.11. The van der Waals surface area contributed by atoms with E-state index in [1.54, 1.807) is 0 Å². The SMILES string of the molecule is C=CS(=O)(=O)CCOC(C)=O. The van der Waals surface area contributed by atoms with Crippen LogP contribution >= 0.6 is 0 Å². The summed E-state index contributed by atoms with van der Waals surface area (Å²) in [6.07, 6.45) is 0. The van der Waals surface area contributed by atoms with Crippen molar-refractivity contribution in [3.05, 3.63) is 12.0 Å². The molecule has 0 amide bonds. The Morgan fingerprint density at radius 1 is 1.64 bits per heavy atom. The predicted molar refractivity (Wildman–Crippen MR) is 40.6 cm³/mol. The molecule has 0 spiro atoms. The second-order valence-electron chi connectivity index (χ2n) is 1.87. The first-order chi connectivity index (χ1) is 4.98. The Morgan fingerprint density at radius 2 is 2.18 bits per heavy atom. The summed E-state index contributed by atoms with van der Waals surface area (Å²) >= 11 is 0. The molecule has 5 heteroatoms. The Hall–Kier alpha value is -0.840. The van der Waals surface area contributed by atoms with Crippen LogP contribution in [-0.4, -0.2) is 26.7 Å². The minimum absolute atomic E-state index is 0.107. The van der Waals surface area contributed by atoms with Crippen LogP contribution in [0.25, 0.3) is 0 Å². The van der Waals surface area contributed by atoms with Gasteiger partial charge < -0.3 is 4.74 Å². The molecule has 0 unspecified atom stereocenters. The largest absolute Gasteiger partial charge is 0.465 e. The normalized spacial score (nSPS) is 10.6. The van der Waals surface area contributed by atoms with Crippen LogP contribution in [0.3, 0.4) is 0 Å². The zero-order chi connectivity index (χ0) is 8.91. The molecule has 0 rings (SSSR count). The number of rotatable bonds is 4. The van der Waals surface area contributed by atoms with E-state index >= 15 is 0 Å². The van der Waals surface area contributed by atoms with Crippen LogP contribution in [-0.2, 0) is 19.4 Å². The standard InChI is InChI=1S/C6H10O4S/c1-3-11(8,9)5-4-10-6(2)7/h3H,1,4-5H2,2H3. The lowest BCUT2D eigenvalue weighted by molar-refractivity contribution is -0.140. The number of ether oxygens (including phenoxy) is 1. The maximum atomic E-state index is 10.7. The number of hydrogen-bond acceptors (Lipinski definition) is 4. The molecule has 0 aliphatic carbocycles. The van der Waals surface area contributed by atoms with Crippen molar-refractivity contribution in [3.8, 4) is 0 Å². The van der Waals surface area contributed by atoms with E-state index in [1.807, 2.05) is 0 Å². The molecule has 0 radical (unpaired) electrons. The number of esters is 1. The quantitative estimate of drug-likeness (QED) is 0.573. The zero-order valence-corrected chi connectivity index (χ0v) is 7.06. The van der Waals surface area contributed by atoms with Crippen molar-refractivity contribution in [2.24, 2.45) is 0 Å². The molecule has 0 aliphatic rings. The zero-order valence-electron chi connectivity index (χ0n) is 6.24.